The van der Waals surface area contributed by atoms with Crippen LogP contribution in [0, 0.1) is 13.8 Å². The standard InChI is InChI=1S/C20H16BrCl2N3O/c1-12-9-14(11-24-25-20(27)16-5-3-4-6-17(16)21)13(2)26(12)15-7-8-18(22)19(23)10-15/h3-11H,1-2H3,(H,25,27)/b24-11-. The summed E-state index contributed by atoms with van der Waals surface area (Å²) in [7, 11) is 0. The maximum atomic E-state index is 12.2. The predicted molar refractivity (Wildman–Crippen MR) is 114 cm³/mol. The summed E-state index contributed by atoms with van der Waals surface area (Å²) in [6.07, 6.45) is 1.63. The van der Waals surface area contributed by atoms with Crippen molar-refractivity contribution in [1.29, 1.82) is 0 Å². The van der Waals surface area contributed by atoms with Gasteiger partial charge in [0.05, 0.1) is 21.8 Å². The molecular weight excluding hydrogens is 449 g/mol. The molecular formula is C20H16BrCl2N3O. The van der Waals surface area contributed by atoms with Crippen LogP contribution in [0.1, 0.15) is 27.3 Å². The number of hydrogen-bond acceptors (Lipinski definition) is 2. The van der Waals surface area contributed by atoms with E-state index in [9.17, 15) is 4.79 Å². The van der Waals surface area contributed by atoms with Crippen molar-refractivity contribution in [2.24, 2.45) is 5.10 Å². The number of amides is 1. The first kappa shape index (κ1) is 19.7. The van der Waals surface area contributed by atoms with Crippen LogP contribution in [0.25, 0.3) is 5.69 Å². The van der Waals surface area contributed by atoms with Crippen LogP contribution < -0.4 is 5.43 Å². The minimum atomic E-state index is -0.281. The molecule has 0 saturated heterocycles. The van der Waals surface area contributed by atoms with Crippen LogP contribution in [0.3, 0.4) is 0 Å². The van der Waals surface area contributed by atoms with Gasteiger partial charge in [0, 0.05) is 27.1 Å². The van der Waals surface area contributed by atoms with Crippen molar-refractivity contribution in [2.45, 2.75) is 13.8 Å². The zero-order chi connectivity index (χ0) is 19.6. The first-order chi connectivity index (χ1) is 12.9. The number of nitrogens with zero attached hydrogens (tertiary/aromatic N) is 2. The lowest BCUT2D eigenvalue weighted by molar-refractivity contribution is 0.0954. The Morgan fingerprint density at radius 2 is 1.85 bits per heavy atom. The van der Waals surface area contributed by atoms with Gasteiger partial charge in [0.15, 0.2) is 0 Å². The van der Waals surface area contributed by atoms with Gasteiger partial charge in [-0.25, -0.2) is 5.43 Å². The van der Waals surface area contributed by atoms with Gasteiger partial charge >= 0.3 is 0 Å². The average Bonchev–Trinajstić information content (AvgIpc) is 2.91. The number of aryl methyl sites for hydroxylation is 1. The molecule has 0 unspecified atom stereocenters. The van der Waals surface area contributed by atoms with Crippen LogP contribution in [-0.2, 0) is 0 Å². The van der Waals surface area contributed by atoms with E-state index < -0.39 is 0 Å². The van der Waals surface area contributed by atoms with Gasteiger partial charge in [-0.1, -0.05) is 35.3 Å². The SMILES string of the molecule is Cc1cc(/C=N\NC(=O)c2ccccc2Br)c(C)n1-c1ccc(Cl)c(Cl)c1. The van der Waals surface area contributed by atoms with Crippen LogP contribution in [-0.4, -0.2) is 16.7 Å². The van der Waals surface area contributed by atoms with Gasteiger partial charge in [0.25, 0.3) is 5.91 Å². The zero-order valence-electron chi connectivity index (χ0n) is 14.6. The smallest absolute Gasteiger partial charge is 0.272 e. The van der Waals surface area contributed by atoms with Gasteiger partial charge in [-0.3, -0.25) is 4.79 Å². The van der Waals surface area contributed by atoms with E-state index in [1.807, 2.05) is 44.2 Å². The molecule has 27 heavy (non-hydrogen) atoms. The molecule has 3 aromatic rings. The number of carbonyl (C=O) groups excluding carboxylic acids is 1. The van der Waals surface area contributed by atoms with Gasteiger partial charge in [0.1, 0.15) is 0 Å². The third kappa shape index (κ3) is 4.26. The molecule has 0 aliphatic heterocycles. The highest BCUT2D eigenvalue weighted by molar-refractivity contribution is 9.10. The number of benzene rings is 2. The van der Waals surface area contributed by atoms with E-state index in [1.165, 1.54) is 0 Å². The van der Waals surface area contributed by atoms with Gasteiger partial charge < -0.3 is 4.57 Å². The molecule has 138 valence electrons. The number of carbonyl (C=O) groups is 1. The number of rotatable bonds is 4. The lowest BCUT2D eigenvalue weighted by atomic mass is 10.2. The molecule has 0 radical (unpaired) electrons. The monoisotopic (exact) mass is 463 g/mol. The third-order valence-corrected chi connectivity index (χ3v) is 5.55. The van der Waals surface area contributed by atoms with Crippen LogP contribution in [0.4, 0.5) is 0 Å². The van der Waals surface area contributed by atoms with Crippen LogP contribution in [0.2, 0.25) is 10.0 Å². The molecule has 0 spiro atoms. The van der Waals surface area contributed by atoms with Crippen molar-refractivity contribution in [3.8, 4) is 5.69 Å². The van der Waals surface area contributed by atoms with Gasteiger partial charge in [-0.05, 0) is 66.2 Å². The predicted octanol–water partition coefficient (Wildman–Crippen LogP) is 5.93. The normalized spacial score (nSPS) is 11.1. The van der Waals surface area contributed by atoms with E-state index >= 15 is 0 Å². The molecule has 1 amide bonds. The van der Waals surface area contributed by atoms with Crippen molar-refractivity contribution in [3.05, 3.63) is 85.6 Å². The van der Waals surface area contributed by atoms with E-state index in [1.54, 1.807) is 24.4 Å². The lowest BCUT2D eigenvalue weighted by Crippen LogP contribution is -2.18. The third-order valence-electron chi connectivity index (χ3n) is 4.12. The first-order valence-electron chi connectivity index (χ1n) is 8.11. The van der Waals surface area contributed by atoms with E-state index in [0.717, 1.165) is 27.1 Å². The fourth-order valence-corrected chi connectivity index (χ4v) is 3.56. The second kappa shape index (κ2) is 8.30. The number of aromatic nitrogens is 1. The Bertz CT molecular complexity index is 1040. The molecule has 7 heteroatoms. The molecule has 1 heterocycles. The molecule has 0 saturated carbocycles. The summed E-state index contributed by atoms with van der Waals surface area (Å²) in [5, 5.41) is 5.10. The van der Waals surface area contributed by atoms with E-state index in [0.29, 0.717) is 15.6 Å². The lowest BCUT2D eigenvalue weighted by Gasteiger charge is -2.10. The number of halogens is 3. The minimum absolute atomic E-state index is 0.281. The van der Waals surface area contributed by atoms with Crippen LogP contribution in [0.15, 0.2) is 58.1 Å². The quantitative estimate of drug-likeness (QED) is 0.377. The Kier molecular flexibility index (Phi) is 6.05. The fraction of sp³-hybridized carbons (Fsp3) is 0.100. The largest absolute Gasteiger partial charge is 0.318 e. The van der Waals surface area contributed by atoms with Crippen molar-refractivity contribution in [1.82, 2.24) is 9.99 Å². The highest BCUT2D eigenvalue weighted by atomic mass is 79.9. The Morgan fingerprint density at radius 3 is 2.56 bits per heavy atom. The van der Waals surface area contributed by atoms with E-state index in [2.05, 4.69) is 31.0 Å². The van der Waals surface area contributed by atoms with Gasteiger partial charge in [-0.15, -0.1) is 0 Å². The fourth-order valence-electron chi connectivity index (χ4n) is 2.81. The van der Waals surface area contributed by atoms with Crippen molar-refractivity contribution in [3.63, 3.8) is 0 Å². The molecule has 0 aliphatic carbocycles. The Morgan fingerprint density at radius 1 is 1.11 bits per heavy atom. The molecule has 1 aromatic heterocycles. The molecule has 0 atom stereocenters. The minimum Gasteiger partial charge on any atom is -0.318 e. The molecule has 0 aliphatic rings. The van der Waals surface area contributed by atoms with Crippen LogP contribution >= 0.6 is 39.1 Å². The van der Waals surface area contributed by atoms with E-state index in [-0.39, 0.29) is 5.91 Å². The molecule has 2 aromatic carbocycles. The number of hydrazone groups is 1. The number of hydrogen-bond donors (Lipinski definition) is 1. The highest BCUT2D eigenvalue weighted by Crippen LogP contribution is 2.27. The summed E-state index contributed by atoms with van der Waals surface area (Å²) in [6, 6.07) is 14.7. The first-order valence-corrected chi connectivity index (χ1v) is 9.65. The summed E-state index contributed by atoms with van der Waals surface area (Å²) in [5.74, 6) is -0.281. The van der Waals surface area contributed by atoms with E-state index in [4.69, 9.17) is 23.2 Å². The molecule has 0 fully saturated rings. The molecule has 3 rings (SSSR count). The number of nitrogens with one attached hydrogen (secondary N) is 1. The Balaban J connectivity index is 1.82. The van der Waals surface area contributed by atoms with Crippen molar-refractivity contribution >= 4 is 51.3 Å². The Hall–Kier alpha value is -2.08. The van der Waals surface area contributed by atoms with Crippen molar-refractivity contribution < 1.29 is 4.79 Å². The summed E-state index contributed by atoms with van der Waals surface area (Å²) in [5.41, 5.74) is 6.88. The second-order valence-corrected chi connectivity index (χ2v) is 7.61. The summed E-state index contributed by atoms with van der Waals surface area (Å²) < 4.78 is 2.77. The molecule has 1 N–H and O–H groups in total. The average molecular weight is 465 g/mol. The molecule has 4 nitrogen and oxygen atoms in total. The van der Waals surface area contributed by atoms with Gasteiger partial charge in [-0.2, -0.15) is 5.10 Å². The van der Waals surface area contributed by atoms with Gasteiger partial charge in [0.2, 0.25) is 0 Å². The topological polar surface area (TPSA) is 46.4 Å². The molecule has 0 bridgehead atoms. The maximum Gasteiger partial charge on any atom is 0.272 e. The Labute approximate surface area is 175 Å². The van der Waals surface area contributed by atoms with Crippen LogP contribution in [0.5, 0.6) is 0 Å². The van der Waals surface area contributed by atoms with Crippen molar-refractivity contribution in [2.75, 3.05) is 0 Å². The summed E-state index contributed by atoms with van der Waals surface area (Å²) in [6.45, 7) is 3.97. The summed E-state index contributed by atoms with van der Waals surface area (Å²) >= 11 is 15.5. The zero-order valence-corrected chi connectivity index (χ0v) is 17.7. The second-order valence-electron chi connectivity index (χ2n) is 5.94. The maximum absolute atomic E-state index is 12.2. The highest BCUT2D eigenvalue weighted by Gasteiger charge is 2.11. The summed E-state index contributed by atoms with van der Waals surface area (Å²) in [4.78, 5) is 12.2.